The Bertz CT molecular complexity index is 827. The van der Waals surface area contributed by atoms with Gasteiger partial charge < -0.3 is 9.73 Å². The third-order valence-corrected chi connectivity index (χ3v) is 3.73. The van der Waals surface area contributed by atoms with E-state index in [1.54, 1.807) is 0 Å². The number of nitrogens with one attached hydrogen (secondary N) is 1. The number of nitrogens with zero attached hydrogens (tertiary/aromatic N) is 2. The number of amides is 1. The molecule has 2 aromatic heterocycles. The zero-order chi connectivity index (χ0) is 17.2. The van der Waals surface area contributed by atoms with E-state index in [4.69, 9.17) is 4.42 Å². The fourth-order valence-corrected chi connectivity index (χ4v) is 2.54. The van der Waals surface area contributed by atoms with Crippen molar-refractivity contribution < 1.29 is 22.4 Å². The van der Waals surface area contributed by atoms with Gasteiger partial charge in [-0.1, -0.05) is 0 Å². The summed E-state index contributed by atoms with van der Waals surface area (Å²) in [4.78, 5) is 11.9. The smallest absolute Gasteiger partial charge is 0.416 e. The maximum atomic E-state index is 12.5. The van der Waals surface area contributed by atoms with Gasteiger partial charge in [0, 0.05) is 16.6 Å². The fourth-order valence-electron chi connectivity index (χ4n) is 1.91. The van der Waals surface area contributed by atoms with Gasteiger partial charge in [-0.2, -0.15) is 24.5 Å². The molecule has 0 bridgehead atoms. The van der Waals surface area contributed by atoms with Crippen LogP contribution < -0.4 is 5.32 Å². The quantitative estimate of drug-likeness (QED) is 0.770. The molecule has 1 aromatic carbocycles. The van der Waals surface area contributed by atoms with Gasteiger partial charge in [0.15, 0.2) is 0 Å². The molecule has 1 N–H and O–H groups in total. The van der Waals surface area contributed by atoms with Gasteiger partial charge in [-0.3, -0.25) is 4.79 Å². The highest BCUT2D eigenvalue weighted by atomic mass is 32.1. The number of thiophene rings is 1. The van der Waals surface area contributed by atoms with Crippen LogP contribution in [0.5, 0.6) is 0 Å². The van der Waals surface area contributed by atoms with Crippen LogP contribution in [0.25, 0.3) is 11.5 Å². The monoisotopic (exact) mass is 353 g/mol. The third-order valence-electron chi connectivity index (χ3n) is 3.04. The van der Waals surface area contributed by atoms with Crippen molar-refractivity contribution in [3.05, 3.63) is 52.5 Å². The SMILES string of the molecule is O=C(Cc1nnc(-c2ccsc2)o1)Nc1ccc(C(F)(F)F)cc1. The topological polar surface area (TPSA) is 68.0 Å². The Labute approximate surface area is 138 Å². The molecule has 0 radical (unpaired) electrons. The molecule has 5 nitrogen and oxygen atoms in total. The van der Waals surface area contributed by atoms with Crippen LogP contribution in [-0.2, 0) is 17.4 Å². The molecule has 0 fully saturated rings. The molecule has 0 aliphatic heterocycles. The number of carbonyl (C=O) groups is 1. The average molecular weight is 353 g/mol. The minimum absolute atomic E-state index is 0.126. The van der Waals surface area contributed by atoms with Gasteiger partial charge in [-0.15, -0.1) is 10.2 Å². The summed E-state index contributed by atoms with van der Waals surface area (Å²) in [6.45, 7) is 0. The van der Waals surface area contributed by atoms with Crippen molar-refractivity contribution >= 4 is 22.9 Å². The fraction of sp³-hybridized carbons (Fsp3) is 0.133. The van der Waals surface area contributed by atoms with E-state index in [0.29, 0.717) is 5.89 Å². The number of benzene rings is 1. The first-order chi connectivity index (χ1) is 11.4. The molecule has 0 atom stereocenters. The lowest BCUT2D eigenvalue weighted by Gasteiger charge is -2.08. The molecular formula is C15H10F3N3O2S. The summed E-state index contributed by atoms with van der Waals surface area (Å²) in [5, 5.41) is 13.8. The molecule has 0 aliphatic carbocycles. The first-order valence-corrected chi connectivity index (χ1v) is 7.68. The van der Waals surface area contributed by atoms with E-state index in [2.05, 4.69) is 15.5 Å². The van der Waals surface area contributed by atoms with Crippen LogP contribution in [0.3, 0.4) is 0 Å². The van der Waals surface area contributed by atoms with Gasteiger partial charge in [0.05, 0.1) is 5.56 Å². The van der Waals surface area contributed by atoms with Crippen LogP contribution in [-0.4, -0.2) is 16.1 Å². The van der Waals surface area contributed by atoms with Crippen molar-refractivity contribution in [2.75, 3.05) is 5.32 Å². The largest absolute Gasteiger partial charge is 0.420 e. The predicted octanol–water partition coefficient (Wildman–Crippen LogP) is 4.00. The summed E-state index contributed by atoms with van der Waals surface area (Å²) < 4.78 is 42.8. The number of hydrogen-bond acceptors (Lipinski definition) is 5. The number of carbonyl (C=O) groups excluding carboxylic acids is 1. The van der Waals surface area contributed by atoms with E-state index < -0.39 is 17.6 Å². The molecule has 3 rings (SSSR count). The van der Waals surface area contributed by atoms with Crippen molar-refractivity contribution in [2.24, 2.45) is 0 Å². The van der Waals surface area contributed by atoms with Gasteiger partial charge in [-0.05, 0) is 35.7 Å². The molecule has 2 heterocycles. The van der Waals surface area contributed by atoms with E-state index in [1.165, 1.54) is 23.5 Å². The van der Waals surface area contributed by atoms with E-state index in [-0.39, 0.29) is 18.0 Å². The first kappa shape index (κ1) is 16.2. The molecule has 3 aromatic rings. The Balaban J connectivity index is 1.62. The Morgan fingerprint density at radius 3 is 2.54 bits per heavy atom. The molecular weight excluding hydrogens is 343 g/mol. The molecule has 9 heteroatoms. The van der Waals surface area contributed by atoms with Crippen LogP contribution in [0, 0.1) is 0 Å². The van der Waals surface area contributed by atoms with Crippen LogP contribution >= 0.6 is 11.3 Å². The lowest BCUT2D eigenvalue weighted by atomic mass is 10.2. The lowest BCUT2D eigenvalue weighted by molar-refractivity contribution is -0.137. The molecule has 24 heavy (non-hydrogen) atoms. The standard InChI is InChI=1S/C15H10F3N3O2S/c16-15(17,18)10-1-3-11(4-2-10)19-12(22)7-13-20-21-14(23-13)9-5-6-24-8-9/h1-6,8H,7H2,(H,19,22). The first-order valence-electron chi connectivity index (χ1n) is 6.74. The normalized spacial score (nSPS) is 11.5. The van der Waals surface area contributed by atoms with Crippen LogP contribution in [0.15, 0.2) is 45.5 Å². The Morgan fingerprint density at radius 2 is 1.92 bits per heavy atom. The number of alkyl halides is 3. The maximum Gasteiger partial charge on any atom is 0.416 e. The molecule has 0 unspecified atom stereocenters. The zero-order valence-electron chi connectivity index (χ0n) is 12.0. The molecule has 124 valence electrons. The summed E-state index contributed by atoms with van der Waals surface area (Å²) in [6, 6.07) is 5.98. The number of aromatic nitrogens is 2. The maximum absolute atomic E-state index is 12.5. The second kappa shape index (κ2) is 6.44. The molecule has 0 aliphatic rings. The minimum atomic E-state index is -4.41. The van der Waals surface area contributed by atoms with Crippen LogP contribution in [0.2, 0.25) is 0 Å². The van der Waals surface area contributed by atoms with Crippen molar-refractivity contribution in [3.63, 3.8) is 0 Å². The number of halogens is 3. The number of hydrogen-bond donors (Lipinski definition) is 1. The highest BCUT2D eigenvalue weighted by molar-refractivity contribution is 7.08. The van der Waals surface area contributed by atoms with Gasteiger partial charge in [0.1, 0.15) is 6.42 Å². The second-order valence-electron chi connectivity index (χ2n) is 4.81. The number of rotatable bonds is 4. The highest BCUT2D eigenvalue weighted by Crippen LogP contribution is 2.29. The Hall–Kier alpha value is -2.68. The van der Waals surface area contributed by atoms with Gasteiger partial charge in [-0.25, -0.2) is 0 Å². The van der Waals surface area contributed by atoms with E-state index in [9.17, 15) is 18.0 Å². The van der Waals surface area contributed by atoms with Crippen molar-refractivity contribution in [1.82, 2.24) is 10.2 Å². The number of anilines is 1. The summed E-state index contributed by atoms with van der Waals surface area (Å²) in [7, 11) is 0. The zero-order valence-corrected chi connectivity index (χ0v) is 12.8. The van der Waals surface area contributed by atoms with Gasteiger partial charge in [0.2, 0.25) is 17.7 Å². The second-order valence-corrected chi connectivity index (χ2v) is 5.59. The van der Waals surface area contributed by atoms with E-state index in [0.717, 1.165) is 17.7 Å². The van der Waals surface area contributed by atoms with E-state index >= 15 is 0 Å². The van der Waals surface area contributed by atoms with Gasteiger partial charge in [0.25, 0.3) is 0 Å². The van der Waals surface area contributed by atoms with Crippen LogP contribution in [0.1, 0.15) is 11.5 Å². The summed E-state index contributed by atoms with van der Waals surface area (Å²) in [5.41, 5.74) is 0.241. The third kappa shape index (κ3) is 3.80. The minimum Gasteiger partial charge on any atom is -0.420 e. The molecule has 1 amide bonds. The van der Waals surface area contributed by atoms with Crippen molar-refractivity contribution in [2.45, 2.75) is 12.6 Å². The summed E-state index contributed by atoms with van der Waals surface area (Å²) in [6.07, 6.45) is -4.58. The van der Waals surface area contributed by atoms with Crippen LogP contribution in [0.4, 0.5) is 18.9 Å². The summed E-state index contributed by atoms with van der Waals surface area (Å²) >= 11 is 1.48. The van der Waals surface area contributed by atoms with Crippen molar-refractivity contribution in [3.8, 4) is 11.5 Å². The average Bonchev–Trinajstić information content (AvgIpc) is 3.17. The molecule has 0 saturated heterocycles. The highest BCUT2D eigenvalue weighted by Gasteiger charge is 2.30. The van der Waals surface area contributed by atoms with E-state index in [1.807, 2.05) is 16.8 Å². The molecule has 0 saturated carbocycles. The predicted molar refractivity (Wildman–Crippen MR) is 81.4 cm³/mol. The van der Waals surface area contributed by atoms with Gasteiger partial charge >= 0.3 is 6.18 Å². The Kier molecular flexibility index (Phi) is 4.34. The van der Waals surface area contributed by atoms with Crippen molar-refractivity contribution in [1.29, 1.82) is 0 Å². The Morgan fingerprint density at radius 1 is 1.17 bits per heavy atom. The molecule has 0 spiro atoms. The summed E-state index contributed by atoms with van der Waals surface area (Å²) in [5.74, 6) is -0.0236. The lowest BCUT2D eigenvalue weighted by Crippen LogP contribution is -2.15.